The Morgan fingerprint density at radius 2 is 1.93 bits per heavy atom. The number of aromatic nitrogens is 2. The number of ether oxygens (including phenoxy) is 1. The predicted molar refractivity (Wildman–Crippen MR) is 98.2 cm³/mol. The molecule has 2 rings (SSSR count). The number of nitrogens with one attached hydrogen (secondary N) is 2. The molecule has 0 fully saturated rings. The molecular formula is C18H15ClF4N4O3. The number of hydrogen-bond acceptors (Lipinski definition) is 5. The van der Waals surface area contributed by atoms with Crippen molar-refractivity contribution in [1.82, 2.24) is 20.6 Å². The van der Waals surface area contributed by atoms with Crippen LogP contribution < -0.4 is 15.4 Å². The van der Waals surface area contributed by atoms with Crippen LogP contribution >= 0.6 is 11.6 Å². The van der Waals surface area contributed by atoms with Crippen LogP contribution in [0.25, 0.3) is 0 Å². The third-order valence-corrected chi connectivity index (χ3v) is 3.77. The van der Waals surface area contributed by atoms with E-state index in [0.717, 1.165) is 6.07 Å². The zero-order valence-electron chi connectivity index (χ0n) is 15.2. The molecule has 0 saturated heterocycles. The molecule has 0 aliphatic carbocycles. The van der Waals surface area contributed by atoms with Crippen LogP contribution in [0.15, 0.2) is 42.9 Å². The van der Waals surface area contributed by atoms with Gasteiger partial charge in [0.05, 0.1) is 17.4 Å². The van der Waals surface area contributed by atoms with Crippen LogP contribution in [0.3, 0.4) is 0 Å². The van der Waals surface area contributed by atoms with Crippen molar-refractivity contribution in [2.24, 2.45) is 0 Å². The molecule has 2 amide bonds. The molecule has 30 heavy (non-hydrogen) atoms. The summed E-state index contributed by atoms with van der Waals surface area (Å²) in [5.41, 5.74) is -1.25. The summed E-state index contributed by atoms with van der Waals surface area (Å²) in [6.45, 7) is 3.24. The molecule has 2 N–H and O–H groups in total. The highest BCUT2D eigenvalue weighted by atomic mass is 35.5. The minimum atomic E-state index is -4.65. The van der Waals surface area contributed by atoms with Gasteiger partial charge in [-0.25, -0.2) is 14.4 Å². The first-order valence-corrected chi connectivity index (χ1v) is 8.67. The monoisotopic (exact) mass is 446 g/mol. The summed E-state index contributed by atoms with van der Waals surface area (Å²) >= 11 is 5.54. The fraction of sp³-hybridized carbons (Fsp3) is 0.222. The second kappa shape index (κ2) is 10.0. The normalized spacial score (nSPS) is 11.0. The highest BCUT2D eigenvalue weighted by molar-refractivity contribution is 6.30. The summed E-state index contributed by atoms with van der Waals surface area (Å²) in [5.74, 6) is -1.87. The molecule has 0 radical (unpaired) electrons. The lowest BCUT2D eigenvalue weighted by Crippen LogP contribution is -2.31. The van der Waals surface area contributed by atoms with Crippen LogP contribution in [0, 0.1) is 5.82 Å². The number of alkyl halides is 3. The van der Waals surface area contributed by atoms with Crippen LogP contribution in [0.5, 0.6) is 5.75 Å². The minimum Gasteiger partial charge on any atom is -0.484 e. The summed E-state index contributed by atoms with van der Waals surface area (Å²) in [5, 5.41) is 4.76. The number of amides is 2. The number of carbonyl (C=O) groups is 2. The molecule has 1 aromatic heterocycles. The minimum absolute atomic E-state index is 0.0316. The van der Waals surface area contributed by atoms with Gasteiger partial charge in [0.15, 0.2) is 12.3 Å². The third kappa shape index (κ3) is 6.99. The molecule has 0 unspecified atom stereocenters. The maximum atomic E-state index is 13.3. The Kier molecular flexibility index (Phi) is 7.70. The molecule has 0 saturated carbocycles. The number of benzene rings is 1. The summed E-state index contributed by atoms with van der Waals surface area (Å²) in [7, 11) is 0. The van der Waals surface area contributed by atoms with E-state index >= 15 is 0 Å². The van der Waals surface area contributed by atoms with Crippen molar-refractivity contribution < 1.29 is 31.9 Å². The Balaban J connectivity index is 1.71. The lowest BCUT2D eigenvalue weighted by atomic mass is 10.3. The van der Waals surface area contributed by atoms with Gasteiger partial charge in [0.1, 0.15) is 17.3 Å². The van der Waals surface area contributed by atoms with Gasteiger partial charge in [-0.3, -0.25) is 9.59 Å². The number of carbonyl (C=O) groups excluding carboxylic acids is 2. The van der Waals surface area contributed by atoms with E-state index in [9.17, 15) is 27.2 Å². The lowest BCUT2D eigenvalue weighted by molar-refractivity contribution is -0.141. The first-order chi connectivity index (χ1) is 14.1. The van der Waals surface area contributed by atoms with Crippen LogP contribution in [-0.2, 0) is 11.0 Å². The van der Waals surface area contributed by atoms with Gasteiger partial charge < -0.3 is 15.4 Å². The average Bonchev–Trinajstić information content (AvgIpc) is 2.68. The van der Waals surface area contributed by atoms with Crippen molar-refractivity contribution in [2.75, 3.05) is 13.2 Å². The van der Waals surface area contributed by atoms with Gasteiger partial charge in [0.25, 0.3) is 11.8 Å². The van der Waals surface area contributed by atoms with Crippen molar-refractivity contribution in [1.29, 1.82) is 0 Å². The largest absolute Gasteiger partial charge is 0.484 e. The third-order valence-electron chi connectivity index (χ3n) is 3.46. The average molecular weight is 447 g/mol. The maximum Gasteiger partial charge on any atom is 0.434 e. The van der Waals surface area contributed by atoms with E-state index in [-0.39, 0.29) is 35.1 Å². The topological polar surface area (TPSA) is 93.2 Å². The zero-order valence-corrected chi connectivity index (χ0v) is 16.0. The molecule has 160 valence electrons. The van der Waals surface area contributed by atoms with Crippen LogP contribution in [0.1, 0.15) is 22.6 Å². The Hall–Kier alpha value is -3.21. The first kappa shape index (κ1) is 23.1. The summed E-state index contributed by atoms with van der Waals surface area (Å²) in [6.07, 6.45) is -3.34. The van der Waals surface area contributed by atoms with Gasteiger partial charge in [0, 0.05) is 24.7 Å². The van der Waals surface area contributed by atoms with Gasteiger partial charge in [-0.05, 0) is 12.1 Å². The molecule has 0 aliphatic heterocycles. The zero-order chi connectivity index (χ0) is 22.3. The van der Waals surface area contributed by atoms with Gasteiger partial charge in [-0.15, -0.1) is 0 Å². The summed E-state index contributed by atoms with van der Waals surface area (Å²) < 4.78 is 55.7. The number of hydrogen-bond donors (Lipinski definition) is 2. The van der Waals surface area contributed by atoms with E-state index in [1.807, 2.05) is 0 Å². The van der Waals surface area contributed by atoms with E-state index in [0.29, 0.717) is 12.4 Å². The maximum absolute atomic E-state index is 13.3. The van der Waals surface area contributed by atoms with Crippen molar-refractivity contribution in [3.05, 3.63) is 65.1 Å². The van der Waals surface area contributed by atoms with Crippen molar-refractivity contribution in [3.8, 4) is 5.75 Å². The molecule has 0 aliphatic rings. The SMILES string of the molecule is C=C(CCNC(=O)c1cnc(C(F)(F)F)cn1)NC(=O)COc1ccc(Cl)c(F)c1. The Morgan fingerprint density at radius 1 is 1.20 bits per heavy atom. The Bertz CT molecular complexity index is 936. The molecule has 0 bridgehead atoms. The summed E-state index contributed by atoms with van der Waals surface area (Å²) in [6, 6.07) is 3.71. The van der Waals surface area contributed by atoms with Gasteiger partial charge in [0.2, 0.25) is 0 Å². The Morgan fingerprint density at radius 3 is 2.53 bits per heavy atom. The predicted octanol–water partition coefficient (Wildman–Crippen LogP) is 3.12. The molecule has 7 nitrogen and oxygen atoms in total. The quantitative estimate of drug-likeness (QED) is 0.608. The van der Waals surface area contributed by atoms with Crippen molar-refractivity contribution >= 4 is 23.4 Å². The van der Waals surface area contributed by atoms with Gasteiger partial charge >= 0.3 is 6.18 Å². The second-order valence-electron chi connectivity index (χ2n) is 5.81. The molecule has 1 heterocycles. The lowest BCUT2D eigenvalue weighted by Gasteiger charge is -2.11. The molecule has 0 atom stereocenters. The van der Waals surface area contributed by atoms with Gasteiger partial charge in [-0.1, -0.05) is 18.2 Å². The molecule has 12 heteroatoms. The van der Waals surface area contributed by atoms with Crippen LogP contribution in [0.4, 0.5) is 17.6 Å². The van der Waals surface area contributed by atoms with E-state index < -0.39 is 36.1 Å². The van der Waals surface area contributed by atoms with Crippen LogP contribution in [0.2, 0.25) is 5.02 Å². The van der Waals surface area contributed by atoms with E-state index in [2.05, 4.69) is 27.2 Å². The second-order valence-corrected chi connectivity index (χ2v) is 6.21. The van der Waals surface area contributed by atoms with Crippen LogP contribution in [-0.4, -0.2) is 34.9 Å². The van der Waals surface area contributed by atoms with E-state index in [1.165, 1.54) is 12.1 Å². The van der Waals surface area contributed by atoms with Gasteiger partial charge in [-0.2, -0.15) is 13.2 Å². The fourth-order valence-electron chi connectivity index (χ4n) is 2.02. The molecule has 2 aromatic rings. The highest BCUT2D eigenvalue weighted by Crippen LogP contribution is 2.26. The van der Waals surface area contributed by atoms with E-state index in [4.69, 9.17) is 16.3 Å². The molecular weight excluding hydrogens is 432 g/mol. The molecule has 1 aromatic carbocycles. The highest BCUT2D eigenvalue weighted by Gasteiger charge is 2.33. The first-order valence-electron chi connectivity index (χ1n) is 8.29. The van der Waals surface area contributed by atoms with Crippen molar-refractivity contribution in [2.45, 2.75) is 12.6 Å². The number of nitrogens with zero attached hydrogens (tertiary/aromatic N) is 2. The van der Waals surface area contributed by atoms with E-state index in [1.54, 1.807) is 0 Å². The van der Waals surface area contributed by atoms with Crippen molar-refractivity contribution in [3.63, 3.8) is 0 Å². The molecule has 0 spiro atoms. The smallest absolute Gasteiger partial charge is 0.434 e. The number of rotatable bonds is 8. The number of halogens is 5. The standard InChI is InChI=1S/C18H15ClF4N4O3/c1-10(27-16(28)9-30-11-2-3-12(19)13(20)6-11)4-5-24-17(29)14-7-26-15(8-25-14)18(21,22)23/h2-3,6-8H,1,4-5,9H2,(H,24,29)(H,27,28). The summed E-state index contributed by atoms with van der Waals surface area (Å²) in [4.78, 5) is 30.2. The Labute approximate surface area is 173 Å². The fourth-order valence-corrected chi connectivity index (χ4v) is 2.14.